The fraction of sp³-hybridized carbons (Fsp3) is 0.750. The summed E-state index contributed by atoms with van der Waals surface area (Å²) >= 11 is 0. The van der Waals surface area contributed by atoms with E-state index in [1.54, 1.807) is 6.92 Å². The molecule has 0 rings (SSSR count). The number of ketones is 1. The maximum absolute atomic E-state index is 11.0. The van der Waals surface area contributed by atoms with E-state index in [0.717, 1.165) is 5.29 Å². The molecule has 0 fully saturated rings. The van der Waals surface area contributed by atoms with Crippen molar-refractivity contribution in [3.8, 4) is 0 Å². The predicted molar refractivity (Wildman–Crippen MR) is 49.3 cm³/mol. The van der Waals surface area contributed by atoms with Crippen molar-refractivity contribution >= 4 is 18.6 Å². The molecule has 0 spiro atoms. The third kappa shape index (κ3) is 2.62. The zero-order valence-electron chi connectivity index (χ0n) is 7.43. The van der Waals surface area contributed by atoms with Gasteiger partial charge in [-0.25, -0.2) is 0 Å². The van der Waals surface area contributed by atoms with Crippen molar-refractivity contribution in [1.29, 1.82) is 0 Å². The summed E-state index contributed by atoms with van der Waals surface area (Å²) in [6.45, 7) is 10.1. The Kier molecular flexibility index (Phi) is 3.81. The number of carbonyl (C=O) groups excluding carboxylic acids is 1. The summed E-state index contributed by atoms with van der Waals surface area (Å²) in [5, 5.41) is 1.12. The number of carbonyl (C=O) groups is 1. The van der Waals surface area contributed by atoms with Gasteiger partial charge in [-0.2, -0.15) is 0 Å². The van der Waals surface area contributed by atoms with Gasteiger partial charge in [0, 0.05) is 12.8 Å². The molecule has 0 heterocycles. The highest BCUT2D eigenvalue weighted by Gasteiger charge is 2.18. The van der Waals surface area contributed by atoms with Crippen LogP contribution in [0.1, 0.15) is 20.8 Å². The standard InChI is InChI=1S/C8H16OP/c1-6(2)8(7(3)9)10(4)5/h6H,1-5H3/q+1. The first-order valence-corrected chi connectivity index (χ1v) is 5.75. The Balaban J connectivity index is 4.61. The molecule has 0 aromatic carbocycles. The van der Waals surface area contributed by atoms with Gasteiger partial charge < -0.3 is 0 Å². The minimum absolute atomic E-state index is 0.176. The number of Topliss-reactive ketones (excluding diaryl/α,β-unsaturated/α-hetero) is 1. The molecular formula is C8H16OP+. The Morgan fingerprint density at radius 1 is 1.30 bits per heavy atom. The highest BCUT2D eigenvalue weighted by Crippen LogP contribution is 2.18. The second-order valence-electron chi connectivity index (χ2n) is 2.99. The minimum Gasteiger partial charge on any atom is -0.291 e. The molecule has 0 aliphatic carbocycles. The van der Waals surface area contributed by atoms with Gasteiger partial charge in [-0.3, -0.25) is 4.79 Å². The van der Waals surface area contributed by atoms with Crippen molar-refractivity contribution in [2.75, 3.05) is 13.3 Å². The number of hydrogen-bond acceptors (Lipinski definition) is 1. The van der Waals surface area contributed by atoms with E-state index in [4.69, 9.17) is 0 Å². The van der Waals surface area contributed by atoms with Crippen molar-refractivity contribution in [2.24, 2.45) is 5.92 Å². The lowest BCUT2D eigenvalue weighted by Crippen LogP contribution is -2.15. The number of rotatable bonds is 2. The Bertz CT molecular complexity index is 164. The second-order valence-corrected chi connectivity index (χ2v) is 5.26. The van der Waals surface area contributed by atoms with Crippen LogP contribution in [0.3, 0.4) is 0 Å². The van der Waals surface area contributed by atoms with E-state index in [1.165, 1.54) is 0 Å². The molecule has 0 N–H and O–H groups in total. The first-order valence-electron chi connectivity index (χ1n) is 3.52. The van der Waals surface area contributed by atoms with E-state index >= 15 is 0 Å². The molecule has 58 valence electrons. The topological polar surface area (TPSA) is 17.1 Å². The van der Waals surface area contributed by atoms with Crippen LogP contribution in [0.15, 0.2) is 0 Å². The van der Waals surface area contributed by atoms with Gasteiger partial charge in [-0.05, 0) is 0 Å². The molecule has 0 saturated heterocycles. The zero-order valence-corrected chi connectivity index (χ0v) is 8.33. The fourth-order valence-electron chi connectivity index (χ4n) is 1.24. The Labute approximate surface area is 64.2 Å². The molecule has 0 aromatic heterocycles. The van der Waals surface area contributed by atoms with Gasteiger partial charge in [0.1, 0.15) is 0 Å². The Hall–Kier alpha value is -0.160. The van der Waals surface area contributed by atoms with Gasteiger partial charge in [0.2, 0.25) is 0 Å². The quantitative estimate of drug-likeness (QED) is 0.564. The highest BCUT2D eigenvalue weighted by atomic mass is 31.1. The van der Waals surface area contributed by atoms with Crippen LogP contribution in [0, 0.1) is 5.92 Å². The fourth-order valence-corrected chi connectivity index (χ4v) is 2.90. The second kappa shape index (κ2) is 3.88. The van der Waals surface area contributed by atoms with Crippen LogP contribution < -0.4 is 0 Å². The summed E-state index contributed by atoms with van der Waals surface area (Å²) in [6, 6.07) is 0. The van der Waals surface area contributed by atoms with Crippen molar-refractivity contribution in [2.45, 2.75) is 20.8 Å². The molecule has 0 amide bonds. The summed E-state index contributed by atoms with van der Waals surface area (Å²) in [4.78, 5) is 11.0. The van der Waals surface area contributed by atoms with Crippen molar-refractivity contribution in [3.05, 3.63) is 0 Å². The molecule has 0 aliphatic rings. The van der Waals surface area contributed by atoms with E-state index < -0.39 is 0 Å². The molecule has 0 radical (unpaired) electrons. The van der Waals surface area contributed by atoms with Crippen LogP contribution in [0.25, 0.3) is 0 Å². The summed E-state index contributed by atoms with van der Waals surface area (Å²) < 4.78 is 0. The molecule has 0 aliphatic heterocycles. The maximum Gasteiger partial charge on any atom is 0.197 e. The smallest absolute Gasteiger partial charge is 0.197 e. The van der Waals surface area contributed by atoms with Gasteiger partial charge in [0.05, 0.1) is 20.9 Å². The third-order valence-corrected chi connectivity index (χ3v) is 3.18. The van der Waals surface area contributed by atoms with Gasteiger partial charge in [0.25, 0.3) is 0 Å². The molecule has 0 saturated carbocycles. The molecule has 0 unspecified atom stereocenters. The molecule has 1 nitrogen and oxygen atoms in total. The normalized spacial score (nSPS) is 9.80. The maximum atomic E-state index is 11.0. The SMILES string of the molecule is CC(=O)C(C(C)C)=[P+](C)C. The van der Waals surface area contributed by atoms with Gasteiger partial charge in [-0.15, -0.1) is 0 Å². The lowest BCUT2D eigenvalue weighted by Gasteiger charge is -2.00. The first kappa shape index (κ1) is 9.84. The van der Waals surface area contributed by atoms with Gasteiger partial charge in [0.15, 0.2) is 11.1 Å². The van der Waals surface area contributed by atoms with Crippen molar-refractivity contribution in [3.63, 3.8) is 0 Å². The van der Waals surface area contributed by atoms with Crippen LogP contribution in [0.2, 0.25) is 0 Å². The van der Waals surface area contributed by atoms with Crippen LogP contribution >= 0.6 is 7.55 Å². The Morgan fingerprint density at radius 3 is 1.70 bits per heavy atom. The zero-order chi connectivity index (χ0) is 8.31. The largest absolute Gasteiger partial charge is 0.291 e. The highest BCUT2D eigenvalue weighted by molar-refractivity contribution is 7.59. The summed E-state index contributed by atoms with van der Waals surface area (Å²) in [6.07, 6.45) is 0. The molecule has 10 heavy (non-hydrogen) atoms. The summed E-state index contributed by atoms with van der Waals surface area (Å²) in [5.74, 6) is 0.699. The first-order chi connectivity index (χ1) is 4.46. The van der Waals surface area contributed by atoms with Gasteiger partial charge in [-0.1, -0.05) is 13.8 Å². The van der Waals surface area contributed by atoms with E-state index in [1.807, 2.05) is 0 Å². The minimum atomic E-state index is -0.176. The average molecular weight is 159 g/mol. The third-order valence-electron chi connectivity index (χ3n) is 1.39. The van der Waals surface area contributed by atoms with Crippen molar-refractivity contribution < 1.29 is 4.79 Å². The molecule has 0 atom stereocenters. The lowest BCUT2D eigenvalue weighted by atomic mass is 10.1. The molecule has 2 heteroatoms. The van der Waals surface area contributed by atoms with Crippen LogP contribution in [0.5, 0.6) is 0 Å². The predicted octanol–water partition coefficient (Wildman–Crippen LogP) is 2.15. The van der Waals surface area contributed by atoms with E-state index in [0.29, 0.717) is 5.92 Å². The molecule has 0 bridgehead atoms. The average Bonchev–Trinajstić information content (AvgIpc) is 1.59. The van der Waals surface area contributed by atoms with E-state index in [9.17, 15) is 4.79 Å². The van der Waals surface area contributed by atoms with Crippen LogP contribution in [0.4, 0.5) is 0 Å². The van der Waals surface area contributed by atoms with E-state index in [2.05, 4.69) is 27.2 Å². The molecule has 0 aromatic rings. The molecular weight excluding hydrogens is 143 g/mol. The van der Waals surface area contributed by atoms with Crippen LogP contribution in [-0.4, -0.2) is 24.4 Å². The Morgan fingerprint density at radius 2 is 1.70 bits per heavy atom. The van der Waals surface area contributed by atoms with E-state index in [-0.39, 0.29) is 13.3 Å². The lowest BCUT2D eigenvalue weighted by molar-refractivity contribution is -0.111. The van der Waals surface area contributed by atoms with Crippen LogP contribution in [-0.2, 0) is 4.79 Å². The summed E-state index contributed by atoms with van der Waals surface area (Å²) in [5.41, 5.74) is 0. The van der Waals surface area contributed by atoms with Crippen molar-refractivity contribution in [1.82, 2.24) is 0 Å². The summed E-state index contributed by atoms with van der Waals surface area (Å²) in [7, 11) is -0.176. The monoisotopic (exact) mass is 159 g/mol. The van der Waals surface area contributed by atoms with Gasteiger partial charge >= 0.3 is 0 Å². The number of hydrogen-bond donors (Lipinski definition) is 0.